The lowest BCUT2D eigenvalue weighted by molar-refractivity contribution is 0.0953. The van der Waals surface area contributed by atoms with Gasteiger partial charge in [-0.25, -0.2) is 9.79 Å². The quantitative estimate of drug-likeness (QED) is 0.599. The van der Waals surface area contributed by atoms with Crippen molar-refractivity contribution >= 4 is 17.3 Å². The van der Waals surface area contributed by atoms with Gasteiger partial charge >= 0.3 is 5.69 Å². The van der Waals surface area contributed by atoms with Crippen LogP contribution in [0.2, 0.25) is 0 Å². The van der Waals surface area contributed by atoms with Crippen molar-refractivity contribution in [3.05, 3.63) is 85.6 Å². The Balaban J connectivity index is 1.91. The molecule has 0 unspecified atom stereocenters. The lowest BCUT2D eigenvalue weighted by Gasteiger charge is -2.30. The molecule has 150 valence electrons. The zero-order chi connectivity index (χ0) is 21.3. The molecule has 5 rings (SSSR count). The van der Waals surface area contributed by atoms with E-state index in [-0.39, 0.29) is 28.7 Å². The zero-order valence-corrected chi connectivity index (χ0v) is 16.2. The Morgan fingerprint density at radius 1 is 0.867 bits per heavy atom. The first kappa shape index (κ1) is 18.1. The summed E-state index contributed by atoms with van der Waals surface area (Å²) in [5.41, 5.74) is 1.27. The highest BCUT2D eigenvalue weighted by Gasteiger charge is 2.47. The number of hydrogen-bond donors (Lipinski definition) is 2. The van der Waals surface area contributed by atoms with Gasteiger partial charge in [-0.3, -0.25) is 18.7 Å². The number of fused-ring (bicyclic) bond motifs is 4. The lowest BCUT2D eigenvalue weighted by Crippen LogP contribution is -2.43. The molecule has 8 nitrogen and oxygen atoms in total. The Morgan fingerprint density at radius 2 is 1.57 bits per heavy atom. The second-order valence-electron chi connectivity index (χ2n) is 7.55. The number of hydrogen-bond acceptors (Lipinski definition) is 6. The van der Waals surface area contributed by atoms with Gasteiger partial charge in [0, 0.05) is 31.1 Å². The number of aromatic nitrogens is 2. The number of Topliss-reactive ketones (excluding diaryl/α,β-unsaturated/α-hetero) is 1. The van der Waals surface area contributed by atoms with E-state index in [9.17, 15) is 24.6 Å². The minimum atomic E-state index is -0.774. The number of carbonyl (C=O) groups is 1. The zero-order valence-electron chi connectivity index (χ0n) is 16.2. The molecule has 1 aromatic heterocycles. The molecule has 0 fully saturated rings. The van der Waals surface area contributed by atoms with Gasteiger partial charge in [0.2, 0.25) is 0 Å². The predicted molar refractivity (Wildman–Crippen MR) is 109 cm³/mol. The van der Waals surface area contributed by atoms with E-state index in [1.165, 1.54) is 30.8 Å². The molecule has 0 saturated carbocycles. The highest BCUT2D eigenvalue weighted by molar-refractivity contribution is 6.30. The van der Waals surface area contributed by atoms with E-state index in [1.54, 1.807) is 30.3 Å². The number of nitrogens with zero attached hydrogens (tertiary/aromatic N) is 3. The van der Waals surface area contributed by atoms with E-state index in [4.69, 9.17) is 0 Å². The molecule has 0 radical (unpaired) electrons. The van der Waals surface area contributed by atoms with Gasteiger partial charge in [-0.15, -0.1) is 0 Å². The van der Waals surface area contributed by atoms with Crippen LogP contribution < -0.4 is 11.2 Å². The van der Waals surface area contributed by atoms with Crippen LogP contribution in [0.5, 0.6) is 11.5 Å². The van der Waals surface area contributed by atoms with Crippen molar-refractivity contribution in [2.24, 2.45) is 25.0 Å². The number of aromatic hydroxyl groups is 2. The van der Waals surface area contributed by atoms with E-state index in [0.717, 1.165) is 4.57 Å². The summed E-state index contributed by atoms with van der Waals surface area (Å²) >= 11 is 0. The predicted octanol–water partition coefficient (Wildman–Crippen LogP) is 1.57. The summed E-state index contributed by atoms with van der Waals surface area (Å²) in [5.74, 6) is -2.20. The van der Waals surface area contributed by atoms with Gasteiger partial charge in [-0.05, 0) is 17.7 Å². The SMILES string of the molecule is Cn1c2c(c(=O)n(C)c1=O)[C@H](c1ccc(O)c(O)c1)[C@@H]1C(=O)c3ccccc3C1=N2. The number of benzene rings is 2. The smallest absolute Gasteiger partial charge is 0.332 e. The van der Waals surface area contributed by atoms with Gasteiger partial charge in [0.15, 0.2) is 17.3 Å². The number of phenolic OH excluding ortho intramolecular Hbond substituents is 2. The van der Waals surface area contributed by atoms with Crippen LogP contribution in [0.1, 0.15) is 33.0 Å². The molecule has 1 aliphatic heterocycles. The third-order valence-electron chi connectivity index (χ3n) is 5.94. The number of aliphatic imine (C=N–C) groups is 1. The van der Waals surface area contributed by atoms with E-state index in [1.807, 2.05) is 0 Å². The fourth-order valence-electron chi connectivity index (χ4n) is 4.46. The summed E-state index contributed by atoms with van der Waals surface area (Å²) in [6.45, 7) is 0. The van der Waals surface area contributed by atoms with E-state index in [2.05, 4.69) is 4.99 Å². The molecule has 0 bridgehead atoms. The molecule has 0 spiro atoms. The summed E-state index contributed by atoms with van der Waals surface area (Å²) in [6, 6.07) is 11.3. The first-order chi connectivity index (χ1) is 14.3. The molecule has 1 aliphatic carbocycles. The minimum absolute atomic E-state index is 0.177. The van der Waals surface area contributed by atoms with Gasteiger partial charge < -0.3 is 10.2 Å². The maximum absolute atomic E-state index is 13.4. The Hall–Kier alpha value is -3.94. The Kier molecular flexibility index (Phi) is 3.64. The second kappa shape index (κ2) is 6.03. The van der Waals surface area contributed by atoms with Crippen molar-refractivity contribution in [3.8, 4) is 11.5 Å². The van der Waals surface area contributed by atoms with Crippen molar-refractivity contribution in [2.45, 2.75) is 5.92 Å². The fourth-order valence-corrected chi connectivity index (χ4v) is 4.46. The molecule has 30 heavy (non-hydrogen) atoms. The van der Waals surface area contributed by atoms with Crippen molar-refractivity contribution in [3.63, 3.8) is 0 Å². The summed E-state index contributed by atoms with van der Waals surface area (Å²) in [6.07, 6.45) is 0. The molecule has 2 aliphatic rings. The fraction of sp³-hybridized carbons (Fsp3) is 0.182. The Labute approximate surface area is 170 Å². The molecule has 2 N–H and O–H groups in total. The van der Waals surface area contributed by atoms with Gasteiger partial charge in [0.1, 0.15) is 5.82 Å². The average molecular weight is 403 g/mol. The molecule has 0 saturated heterocycles. The molecule has 2 aromatic carbocycles. The average Bonchev–Trinajstić information content (AvgIpc) is 3.03. The second-order valence-corrected chi connectivity index (χ2v) is 7.55. The molecule has 0 amide bonds. The van der Waals surface area contributed by atoms with Gasteiger partial charge in [-0.2, -0.15) is 0 Å². The van der Waals surface area contributed by atoms with Crippen LogP contribution in [0.25, 0.3) is 0 Å². The molecule has 3 aromatic rings. The van der Waals surface area contributed by atoms with Gasteiger partial charge in [-0.1, -0.05) is 30.3 Å². The van der Waals surface area contributed by atoms with Crippen molar-refractivity contribution < 1.29 is 15.0 Å². The Morgan fingerprint density at radius 3 is 2.27 bits per heavy atom. The van der Waals surface area contributed by atoms with Crippen LogP contribution in [0.3, 0.4) is 0 Å². The van der Waals surface area contributed by atoms with Crippen molar-refractivity contribution in [1.82, 2.24) is 9.13 Å². The Bertz CT molecular complexity index is 1410. The normalized spacial score (nSPS) is 19.1. The first-order valence-electron chi connectivity index (χ1n) is 9.35. The number of phenols is 2. The van der Waals surface area contributed by atoms with Crippen LogP contribution in [-0.4, -0.2) is 30.8 Å². The van der Waals surface area contributed by atoms with Crippen LogP contribution in [0.4, 0.5) is 5.82 Å². The van der Waals surface area contributed by atoms with Crippen molar-refractivity contribution in [1.29, 1.82) is 0 Å². The van der Waals surface area contributed by atoms with Crippen LogP contribution in [0, 0.1) is 5.92 Å². The highest BCUT2D eigenvalue weighted by atomic mass is 16.3. The van der Waals surface area contributed by atoms with Gasteiger partial charge in [0.25, 0.3) is 5.56 Å². The lowest BCUT2D eigenvalue weighted by atomic mass is 9.76. The summed E-state index contributed by atoms with van der Waals surface area (Å²) < 4.78 is 2.28. The summed E-state index contributed by atoms with van der Waals surface area (Å²) in [5, 5.41) is 19.8. The van der Waals surface area contributed by atoms with Crippen LogP contribution >= 0.6 is 0 Å². The maximum Gasteiger partial charge on any atom is 0.332 e. The molecular weight excluding hydrogens is 386 g/mol. The maximum atomic E-state index is 13.4. The number of carbonyl (C=O) groups excluding carboxylic acids is 1. The monoisotopic (exact) mass is 403 g/mol. The molecule has 2 atom stereocenters. The standard InChI is InChI=1S/C22H17N3O5/c1-24-20-17(21(29)25(2)22(24)30)15(10-7-8-13(26)14(27)9-10)16-18(23-20)11-5-3-4-6-12(11)19(16)28/h3-9,15-16,26-27H,1-2H3/t15-,16+/m1/s1. The largest absolute Gasteiger partial charge is 0.504 e. The molecule has 2 heterocycles. The van der Waals surface area contributed by atoms with Crippen molar-refractivity contribution in [2.75, 3.05) is 0 Å². The van der Waals surface area contributed by atoms with Gasteiger partial charge in [0.05, 0.1) is 17.2 Å². The van der Waals surface area contributed by atoms with E-state index < -0.39 is 23.1 Å². The third kappa shape index (κ3) is 2.21. The summed E-state index contributed by atoms with van der Waals surface area (Å²) in [4.78, 5) is 43.6. The van der Waals surface area contributed by atoms with E-state index in [0.29, 0.717) is 22.4 Å². The first-order valence-corrected chi connectivity index (χ1v) is 9.35. The molecular formula is C22H17N3O5. The van der Waals surface area contributed by atoms with Crippen LogP contribution in [-0.2, 0) is 14.1 Å². The number of rotatable bonds is 1. The minimum Gasteiger partial charge on any atom is -0.504 e. The third-order valence-corrected chi connectivity index (χ3v) is 5.94. The topological polar surface area (TPSA) is 114 Å². The number of ketones is 1. The molecule has 8 heteroatoms. The summed E-state index contributed by atoms with van der Waals surface area (Å²) in [7, 11) is 2.90. The highest BCUT2D eigenvalue weighted by Crippen LogP contribution is 2.47. The van der Waals surface area contributed by atoms with E-state index >= 15 is 0 Å². The van der Waals surface area contributed by atoms with Crippen LogP contribution in [0.15, 0.2) is 57.0 Å².